The van der Waals surface area contributed by atoms with Crippen LogP contribution in [-0.4, -0.2) is 43.7 Å². The Hall–Kier alpha value is -0.650. The highest BCUT2D eigenvalue weighted by molar-refractivity contribution is 5.75. The van der Waals surface area contributed by atoms with E-state index in [4.69, 9.17) is 10.6 Å². The SMILES string of the molecule is COCCN(CC(C)C)C(C)CC(=O)NN. The number of carbonyl (C=O) groups excluding carboxylic acids is 1. The van der Waals surface area contributed by atoms with Crippen molar-refractivity contribution in [3.63, 3.8) is 0 Å². The Morgan fingerprint density at radius 3 is 2.50 bits per heavy atom. The number of nitrogens with one attached hydrogen (secondary N) is 1. The lowest BCUT2D eigenvalue weighted by Crippen LogP contribution is -2.42. The third kappa shape index (κ3) is 6.76. The zero-order chi connectivity index (χ0) is 12.6. The first-order chi connectivity index (χ1) is 7.51. The van der Waals surface area contributed by atoms with Crippen molar-refractivity contribution >= 4 is 5.91 Å². The number of methoxy groups -OCH3 is 1. The number of hydrazine groups is 1. The van der Waals surface area contributed by atoms with Gasteiger partial charge in [0.1, 0.15) is 0 Å². The summed E-state index contributed by atoms with van der Waals surface area (Å²) in [5.41, 5.74) is 2.16. The van der Waals surface area contributed by atoms with Crippen LogP contribution in [0.15, 0.2) is 0 Å². The molecule has 0 saturated heterocycles. The molecule has 0 rings (SSSR count). The zero-order valence-corrected chi connectivity index (χ0v) is 10.8. The number of ether oxygens (including phenoxy) is 1. The van der Waals surface area contributed by atoms with E-state index in [1.54, 1.807) is 7.11 Å². The van der Waals surface area contributed by atoms with Gasteiger partial charge in [0.15, 0.2) is 0 Å². The lowest BCUT2D eigenvalue weighted by molar-refractivity contribution is -0.122. The average molecular weight is 231 g/mol. The lowest BCUT2D eigenvalue weighted by atomic mass is 10.1. The van der Waals surface area contributed by atoms with Gasteiger partial charge in [-0.1, -0.05) is 13.8 Å². The van der Waals surface area contributed by atoms with Gasteiger partial charge < -0.3 is 4.74 Å². The Balaban J connectivity index is 4.18. The van der Waals surface area contributed by atoms with Crippen LogP contribution < -0.4 is 11.3 Å². The summed E-state index contributed by atoms with van der Waals surface area (Å²) in [7, 11) is 1.69. The van der Waals surface area contributed by atoms with Gasteiger partial charge in [0.25, 0.3) is 0 Å². The van der Waals surface area contributed by atoms with Crippen molar-refractivity contribution in [2.24, 2.45) is 11.8 Å². The van der Waals surface area contributed by atoms with Gasteiger partial charge in [-0.3, -0.25) is 15.1 Å². The van der Waals surface area contributed by atoms with Gasteiger partial charge >= 0.3 is 0 Å². The fourth-order valence-electron chi connectivity index (χ4n) is 1.63. The van der Waals surface area contributed by atoms with Crippen molar-refractivity contribution in [1.82, 2.24) is 10.3 Å². The van der Waals surface area contributed by atoms with Crippen molar-refractivity contribution in [2.45, 2.75) is 33.2 Å². The fourth-order valence-corrected chi connectivity index (χ4v) is 1.63. The van der Waals surface area contributed by atoms with E-state index >= 15 is 0 Å². The summed E-state index contributed by atoms with van der Waals surface area (Å²) in [5, 5.41) is 0. The molecule has 0 aromatic carbocycles. The number of hydrogen-bond donors (Lipinski definition) is 2. The van der Waals surface area contributed by atoms with Gasteiger partial charge in [-0.15, -0.1) is 0 Å². The van der Waals surface area contributed by atoms with Gasteiger partial charge in [-0.05, 0) is 12.8 Å². The third-order valence-electron chi connectivity index (χ3n) is 2.45. The standard InChI is InChI=1S/C11H25N3O2/c1-9(2)8-14(5-6-16-4)10(3)7-11(15)13-12/h9-10H,5-8,12H2,1-4H3,(H,13,15). The minimum Gasteiger partial charge on any atom is -0.383 e. The maximum Gasteiger partial charge on any atom is 0.235 e. The molecule has 0 aliphatic carbocycles. The molecule has 1 atom stereocenters. The maximum atomic E-state index is 11.2. The quantitative estimate of drug-likeness (QED) is 0.359. The highest BCUT2D eigenvalue weighted by Gasteiger charge is 2.17. The van der Waals surface area contributed by atoms with Crippen molar-refractivity contribution in [3.8, 4) is 0 Å². The molecule has 0 saturated carbocycles. The molecule has 0 bridgehead atoms. The van der Waals surface area contributed by atoms with E-state index in [9.17, 15) is 4.79 Å². The molecular formula is C11H25N3O2. The predicted octanol–water partition coefficient (Wildman–Crippen LogP) is 0.359. The summed E-state index contributed by atoms with van der Waals surface area (Å²) in [5.74, 6) is 5.52. The van der Waals surface area contributed by atoms with Crippen LogP contribution in [0.4, 0.5) is 0 Å². The molecular weight excluding hydrogens is 206 g/mol. The number of amides is 1. The average Bonchev–Trinajstić information content (AvgIpc) is 2.23. The van der Waals surface area contributed by atoms with E-state index in [2.05, 4.69) is 24.2 Å². The van der Waals surface area contributed by atoms with E-state index in [1.807, 2.05) is 6.92 Å². The molecule has 3 N–H and O–H groups in total. The molecule has 0 spiro atoms. The van der Waals surface area contributed by atoms with Crippen LogP contribution in [0, 0.1) is 5.92 Å². The lowest BCUT2D eigenvalue weighted by Gasteiger charge is -2.29. The van der Waals surface area contributed by atoms with Crippen molar-refractivity contribution in [3.05, 3.63) is 0 Å². The minimum absolute atomic E-state index is 0.126. The summed E-state index contributed by atoms with van der Waals surface area (Å²) < 4.78 is 5.07. The minimum atomic E-state index is -0.126. The topological polar surface area (TPSA) is 67.6 Å². The Bertz CT molecular complexity index is 198. The van der Waals surface area contributed by atoms with Crippen molar-refractivity contribution in [2.75, 3.05) is 26.8 Å². The fraction of sp³-hybridized carbons (Fsp3) is 0.909. The molecule has 0 aromatic heterocycles. The smallest absolute Gasteiger partial charge is 0.235 e. The second kappa shape index (κ2) is 8.50. The summed E-state index contributed by atoms with van der Waals surface area (Å²) in [6.07, 6.45) is 0.424. The van der Waals surface area contributed by atoms with Crippen LogP contribution in [0.5, 0.6) is 0 Å². The number of nitrogens with zero attached hydrogens (tertiary/aromatic N) is 1. The molecule has 0 radical (unpaired) electrons. The number of rotatable bonds is 8. The Morgan fingerprint density at radius 1 is 1.44 bits per heavy atom. The first kappa shape index (κ1) is 15.3. The highest BCUT2D eigenvalue weighted by Crippen LogP contribution is 2.07. The molecule has 16 heavy (non-hydrogen) atoms. The van der Waals surface area contributed by atoms with Crippen LogP contribution >= 0.6 is 0 Å². The van der Waals surface area contributed by atoms with E-state index in [-0.39, 0.29) is 11.9 Å². The van der Waals surface area contributed by atoms with Crippen molar-refractivity contribution in [1.29, 1.82) is 0 Å². The summed E-state index contributed by atoms with van der Waals surface area (Å²) in [6.45, 7) is 8.84. The van der Waals surface area contributed by atoms with E-state index in [1.165, 1.54) is 0 Å². The highest BCUT2D eigenvalue weighted by atomic mass is 16.5. The molecule has 0 aliphatic rings. The Morgan fingerprint density at radius 2 is 2.06 bits per heavy atom. The van der Waals surface area contributed by atoms with Gasteiger partial charge in [0, 0.05) is 32.7 Å². The second-order valence-electron chi connectivity index (χ2n) is 4.50. The van der Waals surface area contributed by atoms with Crippen LogP contribution in [0.1, 0.15) is 27.2 Å². The summed E-state index contributed by atoms with van der Waals surface area (Å²) >= 11 is 0. The first-order valence-electron chi connectivity index (χ1n) is 5.73. The number of nitrogens with two attached hydrogens (primary N) is 1. The van der Waals surface area contributed by atoms with Crippen molar-refractivity contribution < 1.29 is 9.53 Å². The van der Waals surface area contributed by atoms with Crippen LogP contribution in [0.2, 0.25) is 0 Å². The van der Waals surface area contributed by atoms with E-state index < -0.39 is 0 Å². The number of carbonyl (C=O) groups is 1. The molecule has 1 amide bonds. The van der Waals surface area contributed by atoms with Gasteiger partial charge in [-0.2, -0.15) is 0 Å². The van der Waals surface area contributed by atoms with Gasteiger partial charge in [-0.25, -0.2) is 5.84 Å². The Labute approximate surface area is 98.3 Å². The van der Waals surface area contributed by atoms with E-state index in [0.29, 0.717) is 18.9 Å². The molecule has 0 aliphatic heterocycles. The summed E-state index contributed by atoms with van der Waals surface area (Å²) in [6, 6.07) is 0.182. The second-order valence-corrected chi connectivity index (χ2v) is 4.50. The molecule has 5 nitrogen and oxygen atoms in total. The maximum absolute atomic E-state index is 11.2. The normalized spacial score (nSPS) is 13.2. The van der Waals surface area contributed by atoms with Crippen LogP contribution in [0.3, 0.4) is 0 Å². The molecule has 1 unspecified atom stereocenters. The monoisotopic (exact) mass is 231 g/mol. The number of hydrogen-bond acceptors (Lipinski definition) is 4. The molecule has 5 heteroatoms. The Kier molecular flexibility index (Phi) is 8.15. The molecule has 0 aromatic rings. The predicted molar refractivity (Wildman–Crippen MR) is 64.7 cm³/mol. The summed E-state index contributed by atoms with van der Waals surface area (Å²) in [4.78, 5) is 13.4. The first-order valence-corrected chi connectivity index (χ1v) is 5.73. The third-order valence-corrected chi connectivity index (χ3v) is 2.45. The largest absolute Gasteiger partial charge is 0.383 e. The molecule has 0 fully saturated rings. The van der Waals surface area contributed by atoms with Gasteiger partial charge in [0.05, 0.1) is 6.61 Å². The van der Waals surface area contributed by atoms with Crippen LogP contribution in [0.25, 0.3) is 0 Å². The molecule has 0 heterocycles. The van der Waals surface area contributed by atoms with Gasteiger partial charge in [0.2, 0.25) is 5.91 Å². The van der Waals surface area contributed by atoms with E-state index in [0.717, 1.165) is 13.1 Å². The molecule has 96 valence electrons. The van der Waals surface area contributed by atoms with Crippen LogP contribution in [-0.2, 0) is 9.53 Å². The zero-order valence-electron chi connectivity index (χ0n) is 10.8.